The van der Waals surface area contributed by atoms with Gasteiger partial charge in [0.1, 0.15) is 4.90 Å². The minimum atomic E-state index is -4.00. The lowest BCUT2D eigenvalue weighted by atomic mass is 10.1. The molecule has 3 rings (SSSR count). The van der Waals surface area contributed by atoms with E-state index in [9.17, 15) is 23.1 Å². The van der Waals surface area contributed by atoms with Crippen molar-refractivity contribution in [1.82, 2.24) is 4.31 Å². The van der Waals surface area contributed by atoms with E-state index in [4.69, 9.17) is 27.9 Å². The zero-order valence-electron chi connectivity index (χ0n) is 14.9. The third-order valence-corrected chi connectivity index (χ3v) is 7.09. The first-order valence-electron chi connectivity index (χ1n) is 8.42. The zero-order valence-corrected chi connectivity index (χ0v) is 17.2. The molecular weight excluding hydrogens is 443 g/mol. The maximum atomic E-state index is 13.0. The largest absolute Gasteiger partial charge is 0.478 e. The number of halogens is 2. The average Bonchev–Trinajstić information content (AvgIpc) is 2.70. The molecule has 1 fully saturated rings. The lowest BCUT2D eigenvalue weighted by Crippen LogP contribution is -2.40. The van der Waals surface area contributed by atoms with E-state index in [1.54, 1.807) is 6.07 Å². The molecule has 1 aliphatic rings. The summed E-state index contributed by atoms with van der Waals surface area (Å²) in [6, 6.07) is 8.18. The molecular formula is C18H16Cl2N2O6S. The second kappa shape index (κ2) is 8.68. The van der Waals surface area contributed by atoms with Crippen LogP contribution in [0.5, 0.6) is 0 Å². The molecule has 1 aliphatic heterocycles. The number of anilines is 1. The fourth-order valence-electron chi connectivity index (χ4n) is 2.78. The van der Waals surface area contributed by atoms with Crippen molar-refractivity contribution in [1.29, 1.82) is 0 Å². The minimum absolute atomic E-state index is 0.0636. The molecule has 0 aromatic heterocycles. The van der Waals surface area contributed by atoms with Gasteiger partial charge in [-0.15, -0.1) is 0 Å². The number of carboxylic acid groups (broad SMARTS) is 1. The molecule has 0 spiro atoms. The maximum Gasteiger partial charge on any atom is 0.337 e. The molecule has 29 heavy (non-hydrogen) atoms. The van der Waals surface area contributed by atoms with Crippen LogP contribution >= 0.6 is 23.2 Å². The first-order chi connectivity index (χ1) is 13.7. The van der Waals surface area contributed by atoms with Crippen LogP contribution in [-0.2, 0) is 14.8 Å². The van der Waals surface area contributed by atoms with Crippen LogP contribution in [0.15, 0.2) is 41.3 Å². The predicted molar refractivity (Wildman–Crippen MR) is 107 cm³/mol. The fraction of sp³-hybridized carbons (Fsp3) is 0.222. The molecule has 1 amide bonds. The summed E-state index contributed by atoms with van der Waals surface area (Å²) < 4.78 is 32.3. The first kappa shape index (κ1) is 21.5. The number of morpholine rings is 1. The second-order valence-corrected chi connectivity index (χ2v) is 8.78. The molecule has 154 valence electrons. The molecule has 2 N–H and O–H groups in total. The monoisotopic (exact) mass is 458 g/mol. The number of carbonyl (C=O) groups is 2. The average molecular weight is 459 g/mol. The van der Waals surface area contributed by atoms with E-state index in [2.05, 4.69) is 5.32 Å². The molecule has 0 saturated carbocycles. The van der Waals surface area contributed by atoms with Crippen LogP contribution in [0.2, 0.25) is 10.0 Å². The minimum Gasteiger partial charge on any atom is -0.478 e. The molecule has 2 aromatic rings. The molecule has 11 heteroatoms. The van der Waals surface area contributed by atoms with Crippen molar-refractivity contribution in [3.63, 3.8) is 0 Å². The Morgan fingerprint density at radius 3 is 2.41 bits per heavy atom. The number of nitrogens with one attached hydrogen (secondary N) is 1. The highest BCUT2D eigenvalue weighted by molar-refractivity contribution is 7.89. The summed E-state index contributed by atoms with van der Waals surface area (Å²) in [5, 5.41) is 11.4. The van der Waals surface area contributed by atoms with Gasteiger partial charge in [-0.3, -0.25) is 4.79 Å². The number of benzene rings is 2. The van der Waals surface area contributed by atoms with Gasteiger partial charge in [-0.05, 0) is 24.3 Å². The summed E-state index contributed by atoms with van der Waals surface area (Å²) in [6.45, 7) is 0.796. The Morgan fingerprint density at radius 2 is 1.76 bits per heavy atom. The first-order valence-corrected chi connectivity index (χ1v) is 10.6. The Hall–Kier alpha value is -2.17. The number of amides is 1. The number of carboxylic acids is 1. The van der Waals surface area contributed by atoms with E-state index >= 15 is 0 Å². The van der Waals surface area contributed by atoms with E-state index in [0.717, 1.165) is 6.07 Å². The Labute approximate surface area is 177 Å². The standard InChI is InChI=1S/C18H16Cl2N2O6S/c19-13-9-11(17(23)21-14-4-2-1-3-12(14)18(24)25)10-15(16(13)20)29(26,27)22-5-7-28-8-6-22/h1-4,9-10H,5-8H2,(H,21,23)(H,24,25). The lowest BCUT2D eigenvalue weighted by molar-refractivity contribution is 0.0698. The third kappa shape index (κ3) is 4.54. The van der Waals surface area contributed by atoms with Crippen molar-refractivity contribution < 1.29 is 27.9 Å². The summed E-state index contributed by atoms with van der Waals surface area (Å²) in [6.07, 6.45) is 0. The highest BCUT2D eigenvalue weighted by Crippen LogP contribution is 2.33. The van der Waals surface area contributed by atoms with Crippen LogP contribution in [-0.4, -0.2) is 56.0 Å². The molecule has 0 atom stereocenters. The van der Waals surface area contributed by atoms with Gasteiger partial charge in [0.15, 0.2) is 0 Å². The van der Waals surface area contributed by atoms with Crippen molar-refractivity contribution in [3.8, 4) is 0 Å². The van der Waals surface area contributed by atoms with Crippen LogP contribution in [0.3, 0.4) is 0 Å². The van der Waals surface area contributed by atoms with Crippen LogP contribution < -0.4 is 5.32 Å². The number of para-hydroxylation sites is 1. The number of hydrogen-bond acceptors (Lipinski definition) is 5. The SMILES string of the molecule is O=C(Nc1ccccc1C(=O)O)c1cc(Cl)c(Cl)c(S(=O)(=O)N2CCOCC2)c1. The number of hydrogen-bond donors (Lipinski definition) is 2. The molecule has 0 radical (unpaired) electrons. The van der Waals surface area contributed by atoms with E-state index in [-0.39, 0.29) is 58.1 Å². The third-order valence-electron chi connectivity index (χ3n) is 4.25. The maximum absolute atomic E-state index is 13.0. The van der Waals surface area contributed by atoms with Crippen LogP contribution in [0.25, 0.3) is 0 Å². The lowest BCUT2D eigenvalue weighted by Gasteiger charge is -2.26. The van der Waals surface area contributed by atoms with E-state index in [1.807, 2.05) is 0 Å². The van der Waals surface area contributed by atoms with Crippen molar-refractivity contribution in [2.24, 2.45) is 0 Å². The van der Waals surface area contributed by atoms with Crippen LogP contribution in [0.4, 0.5) is 5.69 Å². The van der Waals surface area contributed by atoms with Gasteiger partial charge in [0, 0.05) is 18.7 Å². The zero-order chi connectivity index (χ0) is 21.2. The molecule has 0 unspecified atom stereocenters. The van der Waals surface area contributed by atoms with Gasteiger partial charge < -0.3 is 15.2 Å². The van der Waals surface area contributed by atoms with Crippen molar-refractivity contribution in [3.05, 3.63) is 57.6 Å². The second-order valence-electron chi connectivity index (χ2n) is 6.09. The Balaban J connectivity index is 1.97. The number of sulfonamides is 1. The summed E-state index contributed by atoms with van der Waals surface area (Å²) in [5.41, 5.74) is -0.123. The molecule has 2 aromatic carbocycles. The van der Waals surface area contributed by atoms with Gasteiger partial charge in [0.2, 0.25) is 10.0 Å². The molecule has 0 bridgehead atoms. The smallest absolute Gasteiger partial charge is 0.337 e. The summed E-state index contributed by atoms with van der Waals surface area (Å²) in [7, 11) is -4.00. The fourth-order valence-corrected chi connectivity index (χ4v) is 4.98. The van der Waals surface area contributed by atoms with Gasteiger partial charge in [-0.2, -0.15) is 4.31 Å². The Morgan fingerprint density at radius 1 is 1.10 bits per heavy atom. The van der Waals surface area contributed by atoms with Crippen LogP contribution in [0.1, 0.15) is 20.7 Å². The van der Waals surface area contributed by atoms with Gasteiger partial charge in [0.05, 0.1) is 34.5 Å². The molecule has 0 aliphatic carbocycles. The number of nitrogens with zero attached hydrogens (tertiary/aromatic N) is 1. The van der Waals surface area contributed by atoms with E-state index < -0.39 is 21.9 Å². The quantitative estimate of drug-likeness (QED) is 0.711. The summed E-state index contributed by atoms with van der Waals surface area (Å²) in [5.74, 6) is -1.94. The van der Waals surface area contributed by atoms with Crippen molar-refractivity contribution >= 4 is 50.8 Å². The van der Waals surface area contributed by atoms with Gasteiger partial charge in [-0.1, -0.05) is 35.3 Å². The van der Waals surface area contributed by atoms with E-state index in [0.29, 0.717) is 0 Å². The summed E-state index contributed by atoms with van der Waals surface area (Å²) >= 11 is 12.2. The number of aromatic carboxylic acids is 1. The van der Waals surface area contributed by atoms with Crippen molar-refractivity contribution in [2.75, 3.05) is 31.6 Å². The molecule has 1 saturated heterocycles. The summed E-state index contributed by atoms with van der Waals surface area (Å²) in [4.78, 5) is 23.7. The number of rotatable bonds is 5. The van der Waals surface area contributed by atoms with Gasteiger partial charge >= 0.3 is 5.97 Å². The van der Waals surface area contributed by atoms with E-state index in [1.165, 1.54) is 28.6 Å². The van der Waals surface area contributed by atoms with Crippen molar-refractivity contribution in [2.45, 2.75) is 4.90 Å². The Bertz CT molecular complexity index is 1070. The van der Waals surface area contributed by atoms with Crippen LogP contribution in [0, 0.1) is 0 Å². The Kier molecular flexibility index (Phi) is 6.45. The normalized spacial score (nSPS) is 15.1. The van der Waals surface area contributed by atoms with Gasteiger partial charge in [0.25, 0.3) is 5.91 Å². The number of ether oxygens (including phenoxy) is 1. The number of carbonyl (C=O) groups excluding carboxylic acids is 1. The highest BCUT2D eigenvalue weighted by atomic mass is 35.5. The van der Waals surface area contributed by atoms with Gasteiger partial charge in [-0.25, -0.2) is 13.2 Å². The highest BCUT2D eigenvalue weighted by Gasteiger charge is 2.30. The molecule has 1 heterocycles. The predicted octanol–water partition coefficient (Wildman–Crippen LogP) is 2.96. The molecule has 8 nitrogen and oxygen atoms in total. The topological polar surface area (TPSA) is 113 Å².